The van der Waals surface area contributed by atoms with Crippen molar-refractivity contribution in [1.82, 2.24) is 0 Å². The molecule has 0 aromatic heterocycles. The van der Waals surface area contributed by atoms with Crippen LogP contribution in [0.15, 0.2) is 60.7 Å². The van der Waals surface area contributed by atoms with Gasteiger partial charge >= 0.3 is 0 Å². The minimum Gasteiger partial charge on any atom is -0.388 e. The van der Waals surface area contributed by atoms with Crippen molar-refractivity contribution in [3.05, 3.63) is 71.8 Å². The quantitative estimate of drug-likeness (QED) is 0.804. The smallest absolute Gasteiger partial charge is 0.224 e. The fourth-order valence-corrected chi connectivity index (χ4v) is 3.76. The topological polar surface area (TPSA) is 66.4 Å². The number of rotatable bonds is 6. The normalized spacial score (nSPS) is 31.2. The third-order valence-corrected chi connectivity index (χ3v) is 5.21. The number of aliphatic hydroxyl groups excluding tert-OH is 1. The number of hydrogen-bond acceptors (Lipinski definition) is 6. The standard InChI is InChI=1S/C23H28O6/c1-22(2)28-16-23(29-22)21(26-14-18-11-7-4-8-12-18)20(19(24)15-27-23)25-13-17-9-5-3-6-10-17/h3-12,19-21,24H,13-16H2,1-2H3/t19-,20-,21+,23+/m1/s1. The highest BCUT2D eigenvalue weighted by atomic mass is 16.8. The molecule has 0 saturated carbocycles. The van der Waals surface area contributed by atoms with Gasteiger partial charge < -0.3 is 28.8 Å². The van der Waals surface area contributed by atoms with Crippen molar-refractivity contribution in [1.29, 1.82) is 0 Å². The van der Waals surface area contributed by atoms with E-state index in [2.05, 4.69) is 0 Å². The molecular weight excluding hydrogens is 372 g/mol. The van der Waals surface area contributed by atoms with E-state index in [1.165, 1.54) is 0 Å². The Hall–Kier alpha value is -1.80. The van der Waals surface area contributed by atoms with Crippen molar-refractivity contribution in [2.24, 2.45) is 0 Å². The molecule has 0 bridgehead atoms. The van der Waals surface area contributed by atoms with Crippen molar-refractivity contribution >= 4 is 0 Å². The molecule has 6 heteroatoms. The van der Waals surface area contributed by atoms with Gasteiger partial charge in [0.25, 0.3) is 0 Å². The number of hydrogen-bond donors (Lipinski definition) is 1. The van der Waals surface area contributed by atoms with Crippen LogP contribution in [0.2, 0.25) is 0 Å². The summed E-state index contributed by atoms with van der Waals surface area (Å²) in [4.78, 5) is 0. The molecular formula is C23H28O6. The van der Waals surface area contributed by atoms with E-state index in [-0.39, 0.29) is 13.2 Å². The van der Waals surface area contributed by atoms with Gasteiger partial charge in [0.1, 0.15) is 24.9 Å². The summed E-state index contributed by atoms with van der Waals surface area (Å²) >= 11 is 0. The molecule has 2 heterocycles. The summed E-state index contributed by atoms with van der Waals surface area (Å²) in [6.45, 7) is 4.67. The predicted molar refractivity (Wildman–Crippen MR) is 106 cm³/mol. The van der Waals surface area contributed by atoms with E-state index in [1.807, 2.05) is 74.5 Å². The van der Waals surface area contributed by atoms with Crippen LogP contribution in [0.3, 0.4) is 0 Å². The van der Waals surface area contributed by atoms with Gasteiger partial charge in [-0.2, -0.15) is 0 Å². The van der Waals surface area contributed by atoms with Gasteiger partial charge in [0, 0.05) is 0 Å². The Kier molecular flexibility index (Phi) is 6.01. The zero-order valence-corrected chi connectivity index (χ0v) is 16.8. The maximum absolute atomic E-state index is 10.7. The van der Waals surface area contributed by atoms with Crippen LogP contribution < -0.4 is 0 Å². The van der Waals surface area contributed by atoms with Crippen LogP contribution >= 0.6 is 0 Å². The van der Waals surface area contributed by atoms with Crippen LogP contribution in [0.4, 0.5) is 0 Å². The maximum Gasteiger partial charge on any atom is 0.224 e. The Morgan fingerprint density at radius 3 is 2.03 bits per heavy atom. The highest BCUT2D eigenvalue weighted by Crippen LogP contribution is 2.41. The third-order valence-electron chi connectivity index (χ3n) is 5.21. The minimum atomic E-state index is -1.13. The summed E-state index contributed by atoms with van der Waals surface area (Å²) < 4.78 is 30.3. The maximum atomic E-state index is 10.7. The molecule has 29 heavy (non-hydrogen) atoms. The summed E-state index contributed by atoms with van der Waals surface area (Å²) in [6.07, 6.45) is -2.11. The largest absolute Gasteiger partial charge is 0.388 e. The second-order valence-electron chi connectivity index (χ2n) is 7.96. The first-order valence-corrected chi connectivity index (χ1v) is 9.95. The van der Waals surface area contributed by atoms with Crippen molar-refractivity contribution in [2.75, 3.05) is 13.2 Å². The van der Waals surface area contributed by atoms with Crippen molar-refractivity contribution < 1.29 is 28.8 Å². The number of aliphatic hydroxyl groups is 1. The molecule has 2 aliphatic heterocycles. The first-order chi connectivity index (χ1) is 14.0. The van der Waals surface area contributed by atoms with Crippen LogP contribution in [-0.2, 0) is 36.9 Å². The molecule has 2 saturated heterocycles. The Morgan fingerprint density at radius 2 is 1.48 bits per heavy atom. The van der Waals surface area contributed by atoms with E-state index in [0.29, 0.717) is 13.2 Å². The zero-order chi connectivity index (χ0) is 20.3. The lowest BCUT2D eigenvalue weighted by molar-refractivity contribution is -0.352. The van der Waals surface area contributed by atoms with Crippen molar-refractivity contribution in [3.8, 4) is 0 Å². The third kappa shape index (κ3) is 4.69. The molecule has 156 valence electrons. The molecule has 0 unspecified atom stereocenters. The summed E-state index contributed by atoms with van der Waals surface area (Å²) in [6, 6.07) is 19.7. The SMILES string of the molecule is CC1(C)OC[C@]2(OC[C@@H](O)[C@@H](OCc3ccccc3)[C@@H]2OCc2ccccc2)O1. The molecule has 1 N–H and O–H groups in total. The van der Waals surface area contributed by atoms with Crippen LogP contribution in [0, 0.1) is 0 Å². The number of benzene rings is 2. The van der Waals surface area contributed by atoms with Crippen LogP contribution in [0.25, 0.3) is 0 Å². The zero-order valence-electron chi connectivity index (χ0n) is 16.8. The second kappa shape index (κ2) is 8.52. The summed E-state index contributed by atoms with van der Waals surface area (Å²) in [5.74, 6) is -1.93. The fraction of sp³-hybridized carbons (Fsp3) is 0.478. The predicted octanol–water partition coefficient (Wildman–Crippen LogP) is 3.03. The molecule has 2 fully saturated rings. The second-order valence-corrected chi connectivity index (χ2v) is 7.96. The van der Waals surface area contributed by atoms with Crippen LogP contribution in [0.5, 0.6) is 0 Å². The van der Waals surface area contributed by atoms with Gasteiger partial charge in [-0.3, -0.25) is 0 Å². The first-order valence-electron chi connectivity index (χ1n) is 9.95. The Bertz CT molecular complexity index is 780. The first kappa shape index (κ1) is 20.5. The van der Waals surface area contributed by atoms with E-state index < -0.39 is 29.9 Å². The lowest BCUT2D eigenvalue weighted by Gasteiger charge is -2.45. The Morgan fingerprint density at radius 1 is 0.897 bits per heavy atom. The van der Waals surface area contributed by atoms with Gasteiger partial charge in [0.2, 0.25) is 5.79 Å². The molecule has 2 aromatic rings. The average molecular weight is 400 g/mol. The molecule has 4 atom stereocenters. The molecule has 0 aliphatic carbocycles. The van der Waals surface area contributed by atoms with Gasteiger partial charge in [0.15, 0.2) is 5.79 Å². The van der Waals surface area contributed by atoms with E-state index in [0.717, 1.165) is 11.1 Å². The van der Waals surface area contributed by atoms with Gasteiger partial charge in [-0.15, -0.1) is 0 Å². The highest BCUT2D eigenvalue weighted by Gasteiger charge is 2.59. The van der Waals surface area contributed by atoms with Gasteiger partial charge in [-0.05, 0) is 25.0 Å². The lowest BCUT2D eigenvalue weighted by atomic mass is 9.96. The molecule has 4 rings (SSSR count). The molecule has 2 aliphatic rings. The van der Waals surface area contributed by atoms with Crippen LogP contribution in [-0.4, -0.2) is 48.2 Å². The summed E-state index contributed by atoms with van der Waals surface area (Å²) in [5, 5.41) is 10.7. The molecule has 0 radical (unpaired) electrons. The van der Waals surface area contributed by atoms with E-state index >= 15 is 0 Å². The van der Waals surface area contributed by atoms with Crippen LogP contribution in [0.1, 0.15) is 25.0 Å². The monoisotopic (exact) mass is 400 g/mol. The van der Waals surface area contributed by atoms with Crippen molar-refractivity contribution in [3.63, 3.8) is 0 Å². The van der Waals surface area contributed by atoms with E-state index in [4.69, 9.17) is 23.7 Å². The highest BCUT2D eigenvalue weighted by molar-refractivity contribution is 5.15. The van der Waals surface area contributed by atoms with Gasteiger partial charge in [0.05, 0.1) is 19.8 Å². The summed E-state index contributed by atoms with van der Waals surface area (Å²) in [5.41, 5.74) is 2.04. The fourth-order valence-electron chi connectivity index (χ4n) is 3.76. The van der Waals surface area contributed by atoms with Crippen molar-refractivity contribution in [2.45, 2.75) is 56.9 Å². The Balaban J connectivity index is 1.55. The minimum absolute atomic E-state index is 0.0874. The molecule has 1 spiro atoms. The van der Waals surface area contributed by atoms with Gasteiger partial charge in [-0.1, -0.05) is 60.7 Å². The average Bonchev–Trinajstić information content (AvgIpc) is 3.04. The Labute approximate surface area is 171 Å². The molecule has 6 nitrogen and oxygen atoms in total. The lowest BCUT2D eigenvalue weighted by Crippen LogP contribution is -2.64. The number of ether oxygens (including phenoxy) is 5. The molecule has 2 aromatic carbocycles. The molecule has 0 amide bonds. The van der Waals surface area contributed by atoms with Gasteiger partial charge in [-0.25, -0.2) is 0 Å². The summed E-state index contributed by atoms with van der Waals surface area (Å²) in [7, 11) is 0. The van der Waals surface area contributed by atoms with E-state index in [1.54, 1.807) is 0 Å². The van der Waals surface area contributed by atoms with E-state index in [9.17, 15) is 5.11 Å².